The normalized spacial score (nSPS) is 27.6. The van der Waals surface area contributed by atoms with Gasteiger partial charge in [0.25, 0.3) is 0 Å². The van der Waals surface area contributed by atoms with Gasteiger partial charge < -0.3 is 25.4 Å². The third-order valence-electron chi connectivity index (χ3n) is 9.40. The molecule has 3 heterocycles. The average Bonchev–Trinajstić information content (AvgIpc) is 3.64. The van der Waals surface area contributed by atoms with Crippen LogP contribution in [0.4, 0.5) is 5.69 Å². The van der Waals surface area contributed by atoms with Crippen molar-refractivity contribution in [3.63, 3.8) is 0 Å². The summed E-state index contributed by atoms with van der Waals surface area (Å²) in [6.07, 6.45) is 1.13. The number of fused-ring (bicyclic) bond motifs is 1. The first-order valence-corrected chi connectivity index (χ1v) is 16.3. The Labute approximate surface area is 262 Å². The van der Waals surface area contributed by atoms with E-state index in [0.29, 0.717) is 31.0 Å². The fraction of sp³-hybridized carbons (Fsp3) is 0.400. The van der Waals surface area contributed by atoms with Gasteiger partial charge in [0.15, 0.2) is 0 Å². The fourth-order valence-corrected chi connectivity index (χ4v) is 9.91. The molecule has 3 saturated heterocycles. The average molecular weight is 614 g/mol. The van der Waals surface area contributed by atoms with Crippen LogP contribution in [0.25, 0.3) is 0 Å². The van der Waals surface area contributed by atoms with E-state index in [0.717, 1.165) is 17.5 Å². The van der Waals surface area contributed by atoms with Crippen LogP contribution in [0.3, 0.4) is 0 Å². The first kappa shape index (κ1) is 30.2. The van der Waals surface area contributed by atoms with Crippen LogP contribution in [0.1, 0.15) is 31.4 Å². The number of nitrogens with one attached hydrogen (secondary N) is 2. The molecule has 3 unspecified atom stereocenters. The predicted octanol–water partition coefficient (Wildman–Crippen LogP) is 4.28. The monoisotopic (exact) mass is 613 g/mol. The van der Waals surface area contributed by atoms with E-state index < -0.39 is 28.7 Å². The summed E-state index contributed by atoms with van der Waals surface area (Å²) >= 11 is 1.63. The lowest BCUT2D eigenvalue weighted by molar-refractivity contribution is -0.142. The number of nitrogens with zero attached hydrogens (tertiary/aromatic N) is 1. The van der Waals surface area contributed by atoms with Crippen LogP contribution in [0.5, 0.6) is 5.75 Å². The van der Waals surface area contributed by atoms with Gasteiger partial charge in [0.2, 0.25) is 17.7 Å². The van der Waals surface area contributed by atoms with Crippen LogP contribution in [0, 0.1) is 17.8 Å². The van der Waals surface area contributed by atoms with E-state index in [1.165, 1.54) is 0 Å². The van der Waals surface area contributed by atoms with Crippen molar-refractivity contribution in [2.75, 3.05) is 18.5 Å². The van der Waals surface area contributed by atoms with Crippen LogP contribution in [0.15, 0.2) is 84.9 Å². The van der Waals surface area contributed by atoms with Gasteiger partial charge in [-0.05, 0) is 61.1 Å². The molecule has 1 spiro atoms. The van der Waals surface area contributed by atoms with Gasteiger partial charge in [-0.2, -0.15) is 0 Å². The maximum Gasteiger partial charge on any atom is 0.244 e. The van der Waals surface area contributed by atoms with Crippen molar-refractivity contribution >= 4 is 35.2 Å². The SMILES string of the molecule is CCOc1ccc(NC(=O)[C@@H]2[C@@H]3CC(C)C4(S3)C(C(=O)NCc3ccccc3)N([C@@H](CO)Cc3ccccc3)C(=O)[C@H]24)cc1. The number of aliphatic hydroxyl groups excluding tert-OH is 1. The molecule has 0 radical (unpaired) electrons. The van der Waals surface area contributed by atoms with Gasteiger partial charge >= 0.3 is 0 Å². The summed E-state index contributed by atoms with van der Waals surface area (Å²) in [4.78, 5) is 44.4. The van der Waals surface area contributed by atoms with Crippen LogP contribution < -0.4 is 15.4 Å². The summed E-state index contributed by atoms with van der Waals surface area (Å²) in [6, 6.07) is 25.1. The molecule has 8 nitrogen and oxygen atoms in total. The Bertz CT molecular complexity index is 1490. The summed E-state index contributed by atoms with van der Waals surface area (Å²) in [5, 5.41) is 16.7. The minimum Gasteiger partial charge on any atom is -0.494 e. The first-order valence-electron chi connectivity index (χ1n) is 15.4. The number of carbonyl (C=O) groups excluding carboxylic acids is 3. The largest absolute Gasteiger partial charge is 0.494 e. The maximum absolute atomic E-state index is 14.6. The number of rotatable bonds is 11. The van der Waals surface area contributed by atoms with Crippen LogP contribution in [-0.2, 0) is 27.3 Å². The lowest BCUT2D eigenvalue weighted by Crippen LogP contribution is -2.58. The molecule has 3 fully saturated rings. The van der Waals surface area contributed by atoms with Crippen LogP contribution >= 0.6 is 11.8 Å². The Morgan fingerprint density at radius 3 is 2.30 bits per heavy atom. The topological polar surface area (TPSA) is 108 Å². The second-order valence-corrected chi connectivity index (χ2v) is 13.5. The van der Waals surface area contributed by atoms with E-state index in [1.807, 2.05) is 79.7 Å². The van der Waals surface area contributed by atoms with Gasteiger partial charge in [0.05, 0.1) is 35.8 Å². The van der Waals surface area contributed by atoms with E-state index >= 15 is 0 Å². The summed E-state index contributed by atoms with van der Waals surface area (Å²) < 4.78 is 4.75. The molecule has 0 aromatic heterocycles. The molecule has 3 N–H and O–H groups in total. The zero-order valence-corrected chi connectivity index (χ0v) is 25.8. The summed E-state index contributed by atoms with van der Waals surface area (Å²) in [5.74, 6) is -1.23. The molecule has 3 aliphatic rings. The smallest absolute Gasteiger partial charge is 0.244 e. The number of carbonyl (C=O) groups is 3. The van der Waals surface area contributed by atoms with Crippen molar-refractivity contribution in [3.05, 3.63) is 96.1 Å². The van der Waals surface area contributed by atoms with E-state index in [-0.39, 0.29) is 35.5 Å². The van der Waals surface area contributed by atoms with Gasteiger partial charge in [-0.1, -0.05) is 67.6 Å². The zero-order chi connectivity index (χ0) is 30.8. The minimum atomic E-state index is -0.821. The van der Waals surface area contributed by atoms with Gasteiger partial charge in [-0.25, -0.2) is 0 Å². The van der Waals surface area contributed by atoms with Gasteiger partial charge in [0, 0.05) is 17.5 Å². The van der Waals surface area contributed by atoms with Gasteiger partial charge in [-0.3, -0.25) is 14.4 Å². The van der Waals surface area contributed by atoms with E-state index in [9.17, 15) is 19.5 Å². The highest BCUT2D eigenvalue weighted by Gasteiger charge is 2.76. The Hall–Kier alpha value is -3.82. The van der Waals surface area contributed by atoms with Crippen molar-refractivity contribution in [3.8, 4) is 5.75 Å². The number of hydrogen-bond acceptors (Lipinski definition) is 6. The highest BCUT2D eigenvalue weighted by atomic mass is 32.2. The quantitative estimate of drug-likeness (QED) is 0.298. The number of hydrogen-bond donors (Lipinski definition) is 3. The number of ether oxygens (including phenoxy) is 1. The molecule has 9 heteroatoms. The molecule has 7 atom stereocenters. The Kier molecular flexibility index (Phi) is 8.69. The van der Waals surface area contributed by atoms with E-state index in [2.05, 4.69) is 17.6 Å². The van der Waals surface area contributed by atoms with Gasteiger partial charge in [-0.15, -0.1) is 11.8 Å². The fourth-order valence-electron chi connectivity index (χ4n) is 7.50. The predicted molar refractivity (Wildman–Crippen MR) is 171 cm³/mol. The molecule has 6 rings (SSSR count). The third kappa shape index (κ3) is 5.37. The lowest BCUT2D eigenvalue weighted by atomic mass is 9.66. The lowest BCUT2D eigenvalue weighted by Gasteiger charge is -2.40. The Balaban J connectivity index is 1.33. The Morgan fingerprint density at radius 2 is 1.66 bits per heavy atom. The molecule has 0 aliphatic carbocycles. The molecule has 3 amide bonds. The van der Waals surface area contributed by atoms with Crippen LogP contribution in [0.2, 0.25) is 0 Å². The molecule has 3 aromatic rings. The van der Waals surface area contributed by atoms with E-state index in [4.69, 9.17) is 4.74 Å². The first-order chi connectivity index (χ1) is 21.4. The zero-order valence-electron chi connectivity index (χ0n) is 25.0. The molecule has 0 saturated carbocycles. The molecule has 3 aliphatic heterocycles. The second kappa shape index (κ2) is 12.7. The van der Waals surface area contributed by atoms with Crippen molar-refractivity contribution < 1.29 is 24.2 Å². The third-order valence-corrected chi connectivity index (χ3v) is 11.5. The van der Waals surface area contributed by atoms with Crippen molar-refractivity contribution in [2.45, 2.75) is 55.3 Å². The highest BCUT2D eigenvalue weighted by molar-refractivity contribution is 8.02. The van der Waals surface area contributed by atoms with Gasteiger partial charge in [0.1, 0.15) is 11.8 Å². The molecular formula is C35H39N3O5S. The number of amides is 3. The number of thioether (sulfide) groups is 1. The van der Waals surface area contributed by atoms with E-state index in [1.54, 1.807) is 28.8 Å². The van der Waals surface area contributed by atoms with Crippen molar-refractivity contribution in [1.29, 1.82) is 0 Å². The number of anilines is 1. The number of likely N-dealkylation sites (tertiary alicyclic amines) is 1. The maximum atomic E-state index is 14.6. The second-order valence-electron chi connectivity index (χ2n) is 12.0. The summed E-state index contributed by atoms with van der Waals surface area (Å²) in [7, 11) is 0. The highest BCUT2D eigenvalue weighted by Crippen LogP contribution is 2.68. The molecule has 44 heavy (non-hydrogen) atoms. The van der Waals surface area contributed by atoms with Crippen molar-refractivity contribution in [2.24, 2.45) is 17.8 Å². The molecular weight excluding hydrogens is 574 g/mol. The van der Waals surface area contributed by atoms with Crippen LogP contribution in [-0.4, -0.2) is 63.0 Å². The summed E-state index contributed by atoms with van der Waals surface area (Å²) in [5.41, 5.74) is 2.55. The number of benzene rings is 3. The number of aliphatic hydroxyl groups is 1. The molecule has 3 aromatic carbocycles. The molecule has 230 valence electrons. The molecule has 2 bridgehead atoms. The summed E-state index contributed by atoms with van der Waals surface area (Å²) in [6.45, 7) is 4.59. The van der Waals surface area contributed by atoms with Crippen molar-refractivity contribution in [1.82, 2.24) is 10.2 Å². The standard InChI is InChI=1S/C35H39N3O5S/c1-3-43-27-16-14-25(15-17-27)37-32(40)29-28-18-22(2)35(44-28)30(29)34(42)38(26(21-39)19-23-10-6-4-7-11-23)31(35)33(41)36-20-24-12-8-5-9-13-24/h4-17,22,26,28-31,39H,3,18-21H2,1-2H3,(H,36,41)(H,37,40)/t22?,26-,28+,29-,30+,31?,35?/m1/s1. The minimum absolute atomic E-state index is 0.0227. The Morgan fingerprint density at radius 1 is 1.00 bits per heavy atom.